The van der Waals surface area contributed by atoms with Gasteiger partial charge in [-0.15, -0.1) is 11.3 Å². The number of hydrogen-bond acceptors (Lipinski definition) is 5. The smallest absolute Gasteiger partial charge is 0.191 e. The van der Waals surface area contributed by atoms with E-state index in [-0.39, 0.29) is 0 Å². The first-order chi connectivity index (χ1) is 12.6. The van der Waals surface area contributed by atoms with Crippen LogP contribution >= 0.6 is 22.9 Å². The first kappa shape index (κ1) is 20.4. The van der Waals surface area contributed by atoms with Gasteiger partial charge < -0.3 is 25.2 Å². The Bertz CT molecular complexity index is 736. The van der Waals surface area contributed by atoms with Crippen LogP contribution < -0.4 is 20.1 Å². The summed E-state index contributed by atoms with van der Waals surface area (Å²) in [5.74, 6) is 1.95. The number of nitrogens with one attached hydrogen (secondary N) is 2. The third-order valence-electron chi connectivity index (χ3n) is 3.62. The molecule has 1 aromatic carbocycles. The van der Waals surface area contributed by atoms with Crippen molar-refractivity contribution in [1.29, 1.82) is 0 Å². The lowest BCUT2D eigenvalue weighted by Gasteiger charge is -2.15. The monoisotopic (exact) mass is 397 g/mol. The molecule has 0 aliphatic heterocycles. The summed E-state index contributed by atoms with van der Waals surface area (Å²) >= 11 is 7.28. The van der Waals surface area contributed by atoms with Crippen molar-refractivity contribution in [3.63, 3.8) is 0 Å². The van der Waals surface area contributed by atoms with Crippen LogP contribution in [0.2, 0.25) is 4.34 Å². The number of guanidine groups is 1. The van der Waals surface area contributed by atoms with Gasteiger partial charge in [-0.25, -0.2) is 4.99 Å². The lowest BCUT2D eigenvalue weighted by atomic mass is 10.2. The summed E-state index contributed by atoms with van der Waals surface area (Å²) in [5, 5.41) is 16.6. The normalized spacial score (nSPS) is 12.6. The van der Waals surface area contributed by atoms with Crippen molar-refractivity contribution in [3.8, 4) is 11.5 Å². The van der Waals surface area contributed by atoms with Crippen molar-refractivity contribution in [2.45, 2.75) is 19.6 Å². The maximum Gasteiger partial charge on any atom is 0.191 e. The Hall–Kier alpha value is -1.96. The number of rotatable bonds is 8. The maximum atomic E-state index is 10.3. The zero-order valence-corrected chi connectivity index (χ0v) is 16.7. The summed E-state index contributed by atoms with van der Waals surface area (Å²) in [5.41, 5.74) is 0.912. The van der Waals surface area contributed by atoms with Crippen LogP contribution in [-0.4, -0.2) is 38.4 Å². The van der Waals surface area contributed by atoms with Gasteiger partial charge in [0, 0.05) is 23.5 Å². The molecule has 8 heteroatoms. The molecular formula is C18H24ClN3O3S. The number of aliphatic imine (C=N–C) groups is 1. The lowest BCUT2D eigenvalue weighted by molar-refractivity contribution is 0.184. The number of ether oxygens (including phenoxy) is 2. The van der Waals surface area contributed by atoms with E-state index in [0.29, 0.717) is 41.4 Å². The summed E-state index contributed by atoms with van der Waals surface area (Å²) < 4.78 is 11.4. The minimum atomic E-state index is -0.650. The number of aliphatic hydroxyl groups is 1. The predicted octanol–water partition coefficient (Wildman–Crippen LogP) is 3.21. The molecule has 1 heterocycles. The molecule has 26 heavy (non-hydrogen) atoms. The number of para-hydroxylation sites is 1. The van der Waals surface area contributed by atoms with Gasteiger partial charge in [0.25, 0.3) is 0 Å². The third-order valence-corrected chi connectivity index (χ3v) is 4.95. The Kier molecular flexibility index (Phi) is 8.03. The number of hydrogen-bond donors (Lipinski definition) is 3. The van der Waals surface area contributed by atoms with Gasteiger partial charge in [-0.1, -0.05) is 23.7 Å². The Morgan fingerprint density at radius 1 is 1.23 bits per heavy atom. The highest BCUT2D eigenvalue weighted by Gasteiger charge is 2.12. The van der Waals surface area contributed by atoms with Crippen LogP contribution in [0.1, 0.15) is 23.5 Å². The van der Waals surface area contributed by atoms with Gasteiger partial charge in [0.2, 0.25) is 0 Å². The predicted molar refractivity (Wildman–Crippen MR) is 107 cm³/mol. The van der Waals surface area contributed by atoms with Crippen LogP contribution in [0.5, 0.6) is 11.5 Å². The molecule has 6 nitrogen and oxygen atoms in total. The van der Waals surface area contributed by atoms with E-state index in [0.717, 1.165) is 10.4 Å². The second-order valence-electron chi connectivity index (χ2n) is 5.39. The van der Waals surface area contributed by atoms with E-state index in [4.69, 9.17) is 21.1 Å². The van der Waals surface area contributed by atoms with Gasteiger partial charge in [-0.05, 0) is 25.1 Å². The van der Waals surface area contributed by atoms with E-state index in [1.54, 1.807) is 20.3 Å². The molecule has 0 spiro atoms. The fourth-order valence-corrected chi connectivity index (χ4v) is 3.43. The zero-order chi connectivity index (χ0) is 18.9. The summed E-state index contributed by atoms with van der Waals surface area (Å²) in [4.78, 5) is 5.38. The van der Waals surface area contributed by atoms with E-state index in [1.807, 2.05) is 31.2 Å². The quantitative estimate of drug-likeness (QED) is 0.471. The molecule has 0 radical (unpaired) electrons. The molecule has 1 aromatic heterocycles. The number of thiophene rings is 1. The molecule has 0 aliphatic carbocycles. The molecule has 3 N–H and O–H groups in total. The zero-order valence-electron chi connectivity index (χ0n) is 15.1. The third kappa shape index (κ3) is 5.52. The van der Waals surface area contributed by atoms with E-state index in [1.165, 1.54) is 11.3 Å². The highest BCUT2D eigenvalue weighted by molar-refractivity contribution is 7.16. The van der Waals surface area contributed by atoms with Crippen LogP contribution in [0, 0.1) is 0 Å². The fourth-order valence-electron chi connectivity index (χ4n) is 2.39. The van der Waals surface area contributed by atoms with Crippen molar-refractivity contribution in [3.05, 3.63) is 45.1 Å². The summed E-state index contributed by atoms with van der Waals surface area (Å²) in [6.45, 7) is 3.44. The number of benzene rings is 1. The van der Waals surface area contributed by atoms with Gasteiger partial charge in [-0.3, -0.25) is 0 Å². The number of aliphatic hydroxyl groups excluding tert-OH is 1. The Labute approximate surface area is 162 Å². The first-order valence-electron chi connectivity index (χ1n) is 8.24. The van der Waals surface area contributed by atoms with Crippen LogP contribution in [0.15, 0.2) is 35.3 Å². The second kappa shape index (κ2) is 10.3. The lowest BCUT2D eigenvalue weighted by Crippen LogP contribution is -2.39. The molecule has 142 valence electrons. The standard InChI is InChI=1S/C18H24ClN3O3S/c1-4-20-18(22-11-13(23)15-8-9-16(19)26-15)21-10-12-6-5-7-14(24-2)17(12)25-3/h5-9,13,23H,4,10-11H2,1-3H3,(H2,20,21,22). The van der Waals surface area contributed by atoms with Gasteiger partial charge in [-0.2, -0.15) is 0 Å². The Balaban J connectivity index is 2.04. The van der Waals surface area contributed by atoms with Crippen molar-refractivity contribution in [2.24, 2.45) is 4.99 Å². The molecule has 0 aliphatic rings. The Morgan fingerprint density at radius 2 is 2.04 bits per heavy atom. The molecule has 1 atom stereocenters. The topological polar surface area (TPSA) is 75.1 Å². The number of halogens is 1. The highest BCUT2D eigenvalue weighted by Crippen LogP contribution is 2.31. The van der Waals surface area contributed by atoms with Crippen molar-refractivity contribution in [2.75, 3.05) is 27.3 Å². The molecule has 0 saturated carbocycles. The van der Waals surface area contributed by atoms with Gasteiger partial charge in [0.05, 0.1) is 25.1 Å². The molecule has 2 aromatic rings. The van der Waals surface area contributed by atoms with E-state index in [2.05, 4.69) is 15.6 Å². The van der Waals surface area contributed by atoms with E-state index in [9.17, 15) is 5.11 Å². The average Bonchev–Trinajstić information content (AvgIpc) is 3.09. The maximum absolute atomic E-state index is 10.3. The largest absolute Gasteiger partial charge is 0.493 e. The van der Waals surface area contributed by atoms with E-state index >= 15 is 0 Å². The molecule has 0 amide bonds. The summed E-state index contributed by atoms with van der Waals surface area (Å²) in [6, 6.07) is 9.29. The number of nitrogens with zero attached hydrogens (tertiary/aromatic N) is 1. The van der Waals surface area contributed by atoms with Crippen LogP contribution in [0.4, 0.5) is 0 Å². The van der Waals surface area contributed by atoms with Gasteiger partial charge in [0.1, 0.15) is 6.10 Å². The fraction of sp³-hybridized carbons (Fsp3) is 0.389. The van der Waals surface area contributed by atoms with Crippen molar-refractivity contribution >= 4 is 28.9 Å². The molecule has 0 fully saturated rings. The molecule has 2 rings (SSSR count). The SMILES string of the molecule is CCNC(=NCc1cccc(OC)c1OC)NCC(O)c1ccc(Cl)s1. The van der Waals surface area contributed by atoms with Crippen LogP contribution in [0.25, 0.3) is 0 Å². The summed E-state index contributed by atoms with van der Waals surface area (Å²) in [7, 11) is 3.21. The van der Waals surface area contributed by atoms with Crippen LogP contribution in [-0.2, 0) is 6.54 Å². The van der Waals surface area contributed by atoms with Gasteiger partial charge in [0.15, 0.2) is 17.5 Å². The highest BCUT2D eigenvalue weighted by atomic mass is 35.5. The first-order valence-corrected chi connectivity index (χ1v) is 9.43. The molecule has 0 bridgehead atoms. The van der Waals surface area contributed by atoms with Crippen molar-refractivity contribution < 1.29 is 14.6 Å². The Morgan fingerprint density at radius 3 is 2.65 bits per heavy atom. The molecular weight excluding hydrogens is 374 g/mol. The minimum Gasteiger partial charge on any atom is -0.493 e. The number of methoxy groups -OCH3 is 2. The average molecular weight is 398 g/mol. The van der Waals surface area contributed by atoms with Gasteiger partial charge >= 0.3 is 0 Å². The summed E-state index contributed by atoms with van der Waals surface area (Å²) in [6.07, 6.45) is -0.650. The molecule has 0 saturated heterocycles. The van der Waals surface area contributed by atoms with Crippen molar-refractivity contribution in [1.82, 2.24) is 10.6 Å². The second-order valence-corrected chi connectivity index (χ2v) is 7.13. The minimum absolute atomic E-state index is 0.331. The molecule has 1 unspecified atom stereocenters. The van der Waals surface area contributed by atoms with E-state index < -0.39 is 6.10 Å². The van der Waals surface area contributed by atoms with Crippen LogP contribution in [0.3, 0.4) is 0 Å².